The number of amides is 2. The van der Waals surface area contributed by atoms with Crippen LogP contribution in [0.2, 0.25) is 5.02 Å². The largest absolute Gasteiger partial charge is 0.497 e. The van der Waals surface area contributed by atoms with Gasteiger partial charge in [-0.15, -0.1) is 11.8 Å². The van der Waals surface area contributed by atoms with Gasteiger partial charge in [-0.1, -0.05) is 67.1 Å². The molecule has 196 valence electrons. The summed E-state index contributed by atoms with van der Waals surface area (Å²) < 4.78 is 19.6. The van der Waals surface area contributed by atoms with Gasteiger partial charge in [-0.05, 0) is 41.8 Å². The molecule has 0 aliphatic heterocycles. The molecule has 0 aromatic heterocycles. The van der Waals surface area contributed by atoms with Gasteiger partial charge in [0.2, 0.25) is 11.8 Å². The first kappa shape index (κ1) is 28.5. The van der Waals surface area contributed by atoms with Gasteiger partial charge in [0.1, 0.15) is 17.6 Å². The summed E-state index contributed by atoms with van der Waals surface area (Å²) in [6, 6.07) is 20.9. The first-order valence-corrected chi connectivity index (χ1v) is 13.7. The van der Waals surface area contributed by atoms with Crippen molar-refractivity contribution < 1.29 is 18.7 Å². The van der Waals surface area contributed by atoms with E-state index in [4.69, 9.17) is 16.3 Å². The number of benzene rings is 3. The Hall–Kier alpha value is -3.03. The van der Waals surface area contributed by atoms with Crippen LogP contribution in [0.3, 0.4) is 0 Å². The second-order valence-corrected chi connectivity index (χ2v) is 9.96. The summed E-state index contributed by atoms with van der Waals surface area (Å²) >= 11 is 7.43. The van der Waals surface area contributed by atoms with E-state index in [0.717, 1.165) is 17.5 Å². The zero-order valence-electron chi connectivity index (χ0n) is 21.1. The average molecular weight is 543 g/mol. The van der Waals surface area contributed by atoms with Gasteiger partial charge in [0.25, 0.3) is 0 Å². The van der Waals surface area contributed by atoms with Crippen LogP contribution >= 0.6 is 23.4 Å². The summed E-state index contributed by atoms with van der Waals surface area (Å²) in [4.78, 5) is 28.6. The number of nitrogens with zero attached hydrogens (tertiary/aromatic N) is 1. The van der Waals surface area contributed by atoms with Crippen LogP contribution in [-0.2, 0) is 28.3 Å². The summed E-state index contributed by atoms with van der Waals surface area (Å²) in [5, 5.41) is 3.29. The van der Waals surface area contributed by atoms with Crippen molar-refractivity contribution >= 4 is 35.2 Å². The Kier molecular flexibility index (Phi) is 11.3. The van der Waals surface area contributed by atoms with Crippen LogP contribution in [0, 0.1) is 5.82 Å². The first-order chi connectivity index (χ1) is 17.9. The second-order valence-electron chi connectivity index (χ2n) is 8.56. The Labute approximate surface area is 227 Å². The Balaban J connectivity index is 1.87. The highest BCUT2D eigenvalue weighted by Gasteiger charge is 2.30. The highest BCUT2D eigenvalue weighted by Crippen LogP contribution is 2.25. The molecule has 1 atom stereocenters. The number of hydrogen-bond acceptors (Lipinski definition) is 4. The molecule has 0 unspecified atom stereocenters. The van der Waals surface area contributed by atoms with Crippen LogP contribution < -0.4 is 10.1 Å². The van der Waals surface area contributed by atoms with Crippen molar-refractivity contribution in [3.05, 3.63) is 100 Å². The predicted molar refractivity (Wildman–Crippen MR) is 148 cm³/mol. The molecule has 0 saturated carbocycles. The molecule has 37 heavy (non-hydrogen) atoms. The van der Waals surface area contributed by atoms with E-state index in [1.807, 2.05) is 61.5 Å². The number of nitrogens with one attached hydrogen (secondary N) is 1. The van der Waals surface area contributed by atoms with Gasteiger partial charge in [-0.3, -0.25) is 9.59 Å². The standard InChI is InChI=1S/C29H32ClFN2O3S/c1-3-15-32-29(35)27(17-21-9-5-4-6-10-21)33(18-22-11-7-12-23(16-22)36-2)28(34)20-37-19-24-25(30)13-8-14-26(24)31/h4-14,16,27H,3,15,17-20H2,1-2H3,(H,32,35)/t27-/m0/s1. The summed E-state index contributed by atoms with van der Waals surface area (Å²) in [5.41, 5.74) is 2.16. The maximum Gasteiger partial charge on any atom is 0.243 e. The molecule has 8 heteroatoms. The Morgan fingerprint density at radius 2 is 1.78 bits per heavy atom. The third-order valence-electron chi connectivity index (χ3n) is 5.84. The Morgan fingerprint density at radius 1 is 1.05 bits per heavy atom. The summed E-state index contributed by atoms with van der Waals surface area (Å²) in [6.07, 6.45) is 1.16. The molecule has 0 spiro atoms. The van der Waals surface area contributed by atoms with Crippen LogP contribution in [0.1, 0.15) is 30.0 Å². The van der Waals surface area contributed by atoms with Crippen LogP contribution in [0.25, 0.3) is 0 Å². The summed E-state index contributed by atoms with van der Waals surface area (Å²) in [6.45, 7) is 2.73. The van der Waals surface area contributed by atoms with Crippen molar-refractivity contribution in [1.29, 1.82) is 0 Å². The normalized spacial score (nSPS) is 11.6. The molecule has 0 fully saturated rings. The zero-order chi connectivity index (χ0) is 26.6. The summed E-state index contributed by atoms with van der Waals surface area (Å²) in [7, 11) is 1.59. The van der Waals surface area contributed by atoms with Crippen molar-refractivity contribution in [1.82, 2.24) is 10.2 Å². The molecule has 3 rings (SSSR count). The number of hydrogen-bond donors (Lipinski definition) is 1. The van der Waals surface area contributed by atoms with Gasteiger partial charge in [-0.25, -0.2) is 4.39 Å². The molecule has 3 aromatic rings. The molecule has 3 aromatic carbocycles. The number of halogens is 2. The first-order valence-electron chi connectivity index (χ1n) is 12.2. The van der Waals surface area contributed by atoms with Crippen molar-refractivity contribution in [2.24, 2.45) is 0 Å². The van der Waals surface area contributed by atoms with E-state index in [1.165, 1.54) is 17.8 Å². The number of carbonyl (C=O) groups is 2. The van der Waals surface area contributed by atoms with E-state index in [-0.39, 0.29) is 29.9 Å². The highest BCUT2D eigenvalue weighted by atomic mass is 35.5. The van der Waals surface area contributed by atoms with E-state index < -0.39 is 11.9 Å². The van der Waals surface area contributed by atoms with Gasteiger partial charge in [0, 0.05) is 35.8 Å². The van der Waals surface area contributed by atoms with Crippen LogP contribution in [0.15, 0.2) is 72.8 Å². The fraction of sp³-hybridized carbons (Fsp3) is 0.310. The number of thioether (sulfide) groups is 1. The van der Waals surface area contributed by atoms with Gasteiger partial charge in [0.05, 0.1) is 12.9 Å². The lowest BCUT2D eigenvalue weighted by Gasteiger charge is -2.31. The second kappa shape index (κ2) is 14.6. The zero-order valence-corrected chi connectivity index (χ0v) is 22.7. The minimum atomic E-state index is -0.717. The fourth-order valence-electron chi connectivity index (χ4n) is 3.88. The van der Waals surface area contributed by atoms with E-state index >= 15 is 0 Å². The maximum atomic E-state index is 14.2. The van der Waals surface area contributed by atoms with Crippen LogP contribution in [0.4, 0.5) is 4.39 Å². The molecule has 0 saturated heterocycles. The molecule has 2 amide bonds. The molecule has 0 aliphatic carbocycles. The fourth-order valence-corrected chi connectivity index (χ4v) is 5.13. The van der Waals surface area contributed by atoms with Crippen molar-refractivity contribution in [2.45, 2.75) is 38.1 Å². The average Bonchev–Trinajstić information content (AvgIpc) is 2.91. The van der Waals surface area contributed by atoms with Gasteiger partial charge in [0.15, 0.2) is 0 Å². The summed E-state index contributed by atoms with van der Waals surface area (Å²) in [5.74, 6) is 0.165. The van der Waals surface area contributed by atoms with E-state index in [0.29, 0.717) is 29.3 Å². The molecular formula is C29H32ClFN2O3S. The van der Waals surface area contributed by atoms with E-state index in [2.05, 4.69) is 5.32 Å². The van der Waals surface area contributed by atoms with Crippen molar-refractivity contribution in [3.63, 3.8) is 0 Å². The van der Waals surface area contributed by atoms with Crippen molar-refractivity contribution in [3.8, 4) is 5.75 Å². The number of carbonyl (C=O) groups excluding carboxylic acids is 2. The highest BCUT2D eigenvalue weighted by molar-refractivity contribution is 7.99. The lowest BCUT2D eigenvalue weighted by atomic mass is 10.0. The van der Waals surface area contributed by atoms with Gasteiger partial charge in [-0.2, -0.15) is 0 Å². The monoisotopic (exact) mass is 542 g/mol. The molecule has 0 radical (unpaired) electrons. The molecule has 5 nitrogen and oxygen atoms in total. The van der Waals surface area contributed by atoms with Gasteiger partial charge < -0.3 is 15.0 Å². The molecule has 1 N–H and O–H groups in total. The van der Waals surface area contributed by atoms with E-state index in [9.17, 15) is 14.0 Å². The third-order valence-corrected chi connectivity index (χ3v) is 7.14. The minimum absolute atomic E-state index is 0.0704. The molecule has 0 aliphatic rings. The smallest absolute Gasteiger partial charge is 0.243 e. The van der Waals surface area contributed by atoms with E-state index in [1.54, 1.807) is 24.1 Å². The molecule has 0 bridgehead atoms. The Bertz CT molecular complexity index is 1160. The number of methoxy groups -OCH3 is 1. The predicted octanol–water partition coefficient (Wildman–Crippen LogP) is 5.89. The van der Waals surface area contributed by atoms with Crippen molar-refractivity contribution in [2.75, 3.05) is 19.4 Å². The SMILES string of the molecule is CCCNC(=O)[C@H](Cc1ccccc1)N(Cc1cccc(OC)c1)C(=O)CSCc1c(F)cccc1Cl. The number of rotatable bonds is 13. The van der Waals surface area contributed by atoms with Crippen LogP contribution in [0.5, 0.6) is 5.75 Å². The topological polar surface area (TPSA) is 58.6 Å². The third kappa shape index (κ3) is 8.51. The maximum absolute atomic E-state index is 14.2. The quantitative estimate of drug-likeness (QED) is 0.293. The Morgan fingerprint density at radius 3 is 2.49 bits per heavy atom. The van der Waals surface area contributed by atoms with Crippen LogP contribution in [-0.4, -0.2) is 42.2 Å². The lowest BCUT2D eigenvalue weighted by molar-refractivity contribution is -0.139. The molecular weight excluding hydrogens is 511 g/mol. The number of ether oxygens (including phenoxy) is 1. The van der Waals surface area contributed by atoms with Gasteiger partial charge >= 0.3 is 0 Å². The minimum Gasteiger partial charge on any atom is -0.497 e. The molecule has 0 heterocycles. The lowest BCUT2D eigenvalue weighted by Crippen LogP contribution is -2.51.